The number of rotatable bonds is 4. The Morgan fingerprint density at radius 2 is 1.96 bits per heavy atom. The van der Waals surface area contributed by atoms with Crippen molar-refractivity contribution in [2.24, 2.45) is 0 Å². The number of aliphatic hydroxyl groups excluding tert-OH is 1. The number of benzene rings is 2. The number of hydrogen-bond acceptors (Lipinski definition) is 3. The van der Waals surface area contributed by atoms with Crippen molar-refractivity contribution in [3.63, 3.8) is 0 Å². The zero-order valence-corrected chi connectivity index (χ0v) is 13.1. The molecule has 0 spiro atoms. The first-order chi connectivity index (χ1) is 11.7. The quantitative estimate of drug-likeness (QED) is 0.776. The van der Waals surface area contributed by atoms with E-state index in [1.807, 2.05) is 18.3 Å². The maximum absolute atomic E-state index is 13.0. The molecule has 2 N–H and O–H groups in total. The molecule has 0 unspecified atom stereocenters. The SMILES string of the molecule is O[C@H]1Cc2ccccc2[C@H]1NCc1cnn(-c2ccc(F)cc2)c1. The molecule has 1 aromatic heterocycles. The first-order valence-corrected chi connectivity index (χ1v) is 7.99. The van der Waals surface area contributed by atoms with Gasteiger partial charge in [0.25, 0.3) is 0 Å². The Morgan fingerprint density at radius 3 is 2.79 bits per heavy atom. The van der Waals surface area contributed by atoms with E-state index in [2.05, 4.69) is 22.5 Å². The van der Waals surface area contributed by atoms with Crippen LogP contribution in [0, 0.1) is 5.82 Å². The number of hydrogen-bond donors (Lipinski definition) is 2. The molecular formula is C19H18FN3O. The molecule has 24 heavy (non-hydrogen) atoms. The van der Waals surface area contributed by atoms with Crippen molar-refractivity contribution in [3.8, 4) is 5.69 Å². The Bertz CT molecular complexity index is 844. The molecule has 5 heteroatoms. The lowest BCUT2D eigenvalue weighted by molar-refractivity contribution is 0.140. The monoisotopic (exact) mass is 323 g/mol. The summed E-state index contributed by atoms with van der Waals surface area (Å²) in [6.45, 7) is 0.608. The van der Waals surface area contributed by atoms with Crippen molar-refractivity contribution in [1.29, 1.82) is 0 Å². The lowest BCUT2D eigenvalue weighted by Crippen LogP contribution is -2.28. The first-order valence-electron chi connectivity index (χ1n) is 7.99. The number of nitrogens with one attached hydrogen (secondary N) is 1. The average molecular weight is 323 g/mol. The fourth-order valence-electron chi connectivity index (χ4n) is 3.23. The van der Waals surface area contributed by atoms with Crippen LogP contribution in [0.5, 0.6) is 0 Å². The molecule has 2 atom stereocenters. The first kappa shape index (κ1) is 15.1. The van der Waals surface area contributed by atoms with Gasteiger partial charge in [0.05, 0.1) is 24.0 Å². The third-order valence-electron chi connectivity index (χ3n) is 4.46. The second-order valence-electron chi connectivity index (χ2n) is 6.10. The van der Waals surface area contributed by atoms with Crippen LogP contribution in [0.3, 0.4) is 0 Å². The van der Waals surface area contributed by atoms with Gasteiger partial charge in [-0.25, -0.2) is 9.07 Å². The fourth-order valence-corrected chi connectivity index (χ4v) is 3.23. The molecule has 0 saturated carbocycles. The number of aliphatic hydroxyl groups is 1. The van der Waals surface area contributed by atoms with Crippen molar-refractivity contribution < 1.29 is 9.50 Å². The summed E-state index contributed by atoms with van der Waals surface area (Å²) in [5.41, 5.74) is 4.19. The molecule has 2 aromatic carbocycles. The summed E-state index contributed by atoms with van der Waals surface area (Å²) in [7, 11) is 0. The topological polar surface area (TPSA) is 50.1 Å². The Kier molecular flexibility index (Phi) is 3.88. The average Bonchev–Trinajstić information content (AvgIpc) is 3.17. The predicted molar refractivity (Wildman–Crippen MR) is 89.3 cm³/mol. The fraction of sp³-hybridized carbons (Fsp3) is 0.211. The third kappa shape index (κ3) is 2.84. The molecule has 4 rings (SSSR count). The summed E-state index contributed by atoms with van der Waals surface area (Å²) >= 11 is 0. The highest BCUT2D eigenvalue weighted by atomic mass is 19.1. The van der Waals surface area contributed by atoms with Gasteiger partial charge >= 0.3 is 0 Å². The largest absolute Gasteiger partial charge is 0.391 e. The number of nitrogens with zero attached hydrogens (tertiary/aromatic N) is 2. The van der Waals surface area contributed by atoms with Crippen molar-refractivity contribution in [1.82, 2.24) is 15.1 Å². The predicted octanol–water partition coefficient (Wildman–Crippen LogP) is 2.76. The molecule has 0 saturated heterocycles. The van der Waals surface area contributed by atoms with Crippen LogP contribution in [0.1, 0.15) is 22.7 Å². The highest BCUT2D eigenvalue weighted by Gasteiger charge is 2.30. The van der Waals surface area contributed by atoms with Gasteiger partial charge < -0.3 is 10.4 Å². The molecule has 1 heterocycles. The third-order valence-corrected chi connectivity index (χ3v) is 4.46. The molecular weight excluding hydrogens is 305 g/mol. The van der Waals surface area contributed by atoms with Gasteiger partial charge in [-0.1, -0.05) is 24.3 Å². The minimum Gasteiger partial charge on any atom is -0.391 e. The molecule has 1 aliphatic rings. The van der Waals surface area contributed by atoms with Crippen molar-refractivity contribution >= 4 is 0 Å². The van der Waals surface area contributed by atoms with Crippen molar-refractivity contribution in [2.45, 2.75) is 25.1 Å². The summed E-state index contributed by atoms with van der Waals surface area (Å²) in [4.78, 5) is 0. The van der Waals surface area contributed by atoms with E-state index in [9.17, 15) is 9.50 Å². The maximum atomic E-state index is 13.0. The van der Waals surface area contributed by atoms with Crippen LogP contribution >= 0.6 is 0 Å². The van der Waals surface area contributed by atoms with Crippen LogP contribution in [0.2, 0.25) is 0 Å². The van der Waals surface area contributed by atoms with E-state index in [1.165, 1.54) is 17.7 Å². The van der Waals surface area contributed by atoms with Crippen LogP contribution in [-0.2, 0) is 13.0 Å². The number of halogens is 1. The maximum Gasteiger partial charge on any atom is 0.123 e. The lowest BCUT2D eigenvalue weighted by Gasteiger charge is -2.17. The smallest absolute Gasteiger partial charge is 0.123 e. The van der Waals surface area contributed by atoms with E-state index in [4.69, 9.17) is 0 Å². The van der Waals surface area contributed by atoms with Gasteiger partial charge in [0.1, 0.15) is 5.82 Å². The minimum atomic E-state index is -0.408. The van der Waals surface area contributed by atoms with Crippen LogP contribution in [0.4, 0.5) is 4.39 Å². The van der Waals surface area contributed by atoms with E-state index in [0.717, 1.165) is 16.8 Å². The van der Waals surface area contributed by atoms with E-state index in [-0.39, 0.29) is 11.9 Å². The highest BCUT2D eigenvalue weighted by molar-refractivity contribution is 5.36. The van der Waals surface area contributed by atoms with E-state index >= 15 is 0 Å². The lowest BCUT2D eigenvalue weighted by atomic mass is 10.1. The summed E-state index contributed by atoms with van der Waals surface area (Å²) in [5, 5.41) is 18.0. The Balaban J connectivity index is 1.46. The molecule has 3 aromatic rings. The molecule has 1 aliphatic carbocycles. The van der Waals surface area contributed by atoms with E-state index in [1.54, 1.807) is 23.0 Å². The minimum absolute atomic E-state index is 0.0598. The van der Waals surface area contributed by atoms with Gasteiger partial charge in [0, 0.05) is 24.7 Å². The summed E-state index contributed by atoms with van der Waals surface area (Å²) in [6, 6.07) is 14.3. The van der Waals surface area contributed by atoms with Gasteiger partial charge in [-0.2, -0.15) is 5.10 Å². The summed E-state index contributed by atoms with van der Waals surface area (Å²) in [6.07, 6.45) is 3.97. The van der Waals surface area contributed by atoms with E-state index < -0.39 is 6.10 Å². The van der Waals surface area contributed by atoms with Gasteiger partial charge in [-0.15, -0.1) is 0 Å². The van der Waals surface area contributed by atoms with Gasteiger partial charge in [-0.05, 0) is 35.4 Å². The summed E-state index contributed by atoms with van der Waals surface area (Å²) < 4.78 is 14.7. The van der Waals surface area contributed by atoms with Gasteiger partial charge in [0.15, 0.2) is 0 Å². The van der Waals surface area contributed by atoms with Crippen LogP contribution < -0.4 is 5.32 Å². The Morgan fingerprint density at radius 1 is 1.17 bits per heavy atom. The zero-order chi connectivity index (χ0) is 16.5. The van der Waals surface area contributed by atoms with Crippen LogP contribution in [-0.4, -0.2) is 21.0 Å². The normalized spacial score (nSPS) is 19.4. The molecule has 0 aliphatic heterocycles. The molecule has 4 nitrogen and oxygen atoms in total. The second-order valence-corrected chi connectivity index (χ2v) is 6.10. The van der Waals surface area contributed by atoms with Gasteiger partial charge in [0.2, 0.25) is 0 Å². The van der Waals surface area contributed by atoms with Gasteiger partial charge in [-0.3, -0.25) is 0 Å². The molecule has 0 bridgehead atoms. The molecule has 0 radical (unpaired) electrons. The summed E-state index contributed by atoms with van der Waals surface area (Å²) in [5.74, 6) is -0.262. The number of fused-ring (bicyclic) bond motifs is 1. The highest BCUT2D eigenvalue weighted by Crippen LogP contribution is 2.31. The Labute approximate surface area is 139 Å². The van der Waals surface area contributed by atoms with Crippen molar-refractivity contribution in [2.75, 3.05) is 0 Å². The number of aromatic nitrogens is 2. The molecule has 0 fully saturated rings. The van der Waals surface area contributed by atoms with Crippen LogP contribution in [0.25, 0.3) is 5.69 Å². The van der Waals surface area contributed by atoms with Crippen molar-refractivity contribution in [3.05, 3.63) is 83.4 Å². The molecule has 0 amide bonds. The Hall–Kier alpha value is -2.50. The standard InChI is InChI=1S/C19H18FN3O/c20-15-5-7-16(8-6-15)23-12-13(11-22-23)10-21-19-17-4-2-1-3-14(17)9-18(19)24/h1-8,11-12,18-19,21,24H,9-10H2/t18-,19+/m0/s1. The second kappa shape index (κ2) is 6.19. The van der Waals surface area contributed by atoms with Crippen LogP contribution in [0.15, 0.2) is 60.9 Å². The zero-order valence-electron chi connectivity index (χ0n) is 13.1. The molecule has 122 valence electrons. The van der Waals surface area contributed by atoms with E-state index in [0.29, 0.717) is 13.0 Å².